The van der Waals surface area contributed by atoms with Gasteiger partial charge in [-0.1, -0.05) is 0 Å². The number of aryl methyl sites for hydroxylation is 1. The molecule has 2 heterocycles. The predicted octanol–water partition coefficient (Wildman–Crippen LogP) is 1.04. The van der Waals surface area contributed by atoms with Crippen LogP contribution in [0.4, 0.5) is 0 Å². The number of nitrogens with one attached hydrogen (secondary N) is 1. The molecule has 0 unspecified atom stereocenters. The summed E-state index contributed by atoms with van der Waals surface area (Å²) < 4.78 is 6.89. The van der Waals surface area contributed by atoms with Crippen molar-refractivity contribution in [2.24, 2.45) is 7.05 Å². The first kappa shape index (κ1) is 12.4. The summed E-state index contributed by atoms with van der Waals surface area (Å²) in [5, 5.41) is 16.0. The number of aromatic nitrogens is 2. The quantitative estimate of drug-likeness (QED) is 0.748. The van der Waals surface area contributed by atoms with Crippen molar-refractivity contribution in [2.45, 2.75) is 13.0 Å². The highest BCUT2D eigenvalue weighted by Gasteiger charge is 2.07. The van der Waals surface area contributed by atoms with E-state index in [9.17, 15) is 4.79 Å². The minimum absolute atomic E-state index is 0.180. The van der Waals surface area contributed by atoms with E-state index in [2.05, 4.69) is 10.4 Å². The molecule has 6 heteroatoms. The van der Waals surface area contributed by atoms with Gasteiger partial charge in [-0.25, -0.2) is 4.79 Å². The molecule has 0 spiro atoms. The fourth-order valence-corrected chi connectivity index (χ4v) is 1.63. The Kier molecular flexibility index (Phi) is 3.78. The molecule has 0 aromatic carbocycles. The zero-order chi connectivity index (χ0) is 13.0. The molecule has 0 atom stereocenters. The molecule has 0 aliphatic carbocycles. The maximum atomic E-state index is 10.6. The highest BCUT2D eigenvalue weighted by molar-refractivity contribution is 5.87. The Bertz CT molecular complexity index is 530. The minimum Gasteiger partial charge on any atom is -0.478 e. The summed E-state index contributed by atoms with van der Waals surface area (Å²) in [6, 6.07) is 1.53. The molecule has 2 N–H and O–H groups in total. The lowest BCUT2D eigenvalue weighted by Crippen LogP contribution is -2.16. The van der Waals surface area contributed by atoms with Crippen molar-refractivity contribution in [2.75, 3.05) is 6.54 Å². The lowest BCUT2D eigenvalue weighted by Gasteiger charge is -2.00. The van der Waals surface area contributed by atoms with Gasteiger partial charge in [0.25, 0.3) is 0 Å². The van der Waals surface area contributed by atoms with Gasteiger partial charge in [-0.15, -0.1) is 0 Å². The number of carbonyl (C=O) groups is 1. The molecule has 0 saturated heterocycles. The van der Waals surface area contributed by atoms with Crippen molar-refractivity contribution < 1.29 is 14.3 Å². The molecule has 0 bridgehead atoms. The first-order chi connectivity index (χ1) is 8.65. The first-order valence-electron chi connectivity index (χ1n) is 5.64. The van der Waals surface area contributed by atoms with E-state index in [1.807, 2.05) is 19.4 Å². The predicted molar refractivity (Wildman–Crippen MR) is 64.3 cm³/mol. The van der Waals surface area contributed by atoms with E-state index in [4.69, 9.17) is 9.52 Å². The average Bonchev–Trinajstić information content (AvgIpc) is 2.93. The van der Waals surface area contributed by atoms with Crippen molar-refractivity contribution in [3.63, 3.8) is 0 Å². The number of rotatable bonds is 6. The van der Waals surface area contributed by atoms with Crippen LogP contribution in [0.25, 0.3) is 0 Å². The van der Waals surface area contributed by atoms with Crippen LogP contribution >= 0.6 is 0 Å². The van der Waals surface area contributed by atoms with Gasteiger partial charge in [0, 0.05) is 13.2 Å². The van der Waals surface area contributed by atoms with Gasteiger partial charge >= 0.3 is 5.97 Å². The van der Waals surface area contributed by atoms with Crippen molar-refractivity contribution >= 4 is 5.97 Å². The summed E-state index contributed by atoms with van der Waals surface area (Å²) in [5.41, 5.74) is 1.34. The van der Waals surface area contributed by atoms with Crippen molar-refractivity contribution in [1.29, 1.82) is 0 Å². The second kappa shape index (κ2) is 5.50. The Balaban J connectivity index is 1.73. The van der Waals surface area contributed by atoms with Crippen LogP contribution in [0.2, 0.25) is 0 Å². The number of aromatic carboxylic acids is 1. The summed E-state index contributed by atoms with van der Waals surface area (Å²) in [6.45, 7) is 1.31. The Labute approximate surface area is 104 Å². The number of carboxylic acid groups (broad SMARTS) is 1. The molecule has 0 radical (unpaired) electrons. The third-order valence-electron chi connectivity index (χ3n) is 2.55. The maximum Gasteiger partial charge on any atom is 0.338 e. The monoisotopic (exact) mass is 249 g/mol. The molecule has 0 aliphatic rings. The highest BCUT2D eigenvalue weighted by atomic mass is 16.4. The van der Waals surface area contributed by atoms with Gasteiger partial charge in [0.05, 0.1) is 18.3 Å². The van der Waals surface area contributed by atoms with Crippen molar-refractivity contribution in [1.82, 2.24) is 15.1 Å². The van der Waals surface area contributed by atoms with E-state index in [-0.39, 0.29) is 5.56 Å². The largest absolute Gasteiger partial charge is 0.478 e. The van der Waals surface area contributed by atoms with Gasteiger partial charge in [-0.2, -0.15) is 5.10 Å². The standard InChI is InChI=1S/C12H15N3O3/c1-15-7-9(5-14-15)2-3-13-6-11-4-10(8-18-11)12(16)17/h4-5,7-8,13H,2-3,6H2,1H3,(H,16,17). The lowest BCUT2D eigenvalue weighted by molar-refractivity contribution is 0.0696. The SMILES string of the molecule is Cn1cc(CCNCc2cc(C(=O)O)co2)cn1. The molecule has 0 saturated carbocycles. The van der Waals surface area contributed by atoms with Crippen LogP contribution in [0, 0.1) is 0 Å². The third kappa shape index (κ3) is 3.21. The van der Waals surface area contributed by atoms with Crippen LogP contribution in [0.5, 0.6) is 0 Å². The molecule has 0 fully saturated rings. The Hall–Kier alpha value is -2.08. The number of furan rings is 1. The van der Waals surface area contributed by atoms with E-state index in [1.165, 1.54) is 12.3 Å². The molecular weight excluding hydrogens is 234 g/mol. The minimum atomic E-state index is -0.972. The molecule has 0 aliphatic heterocycles. The molecule has 6 nitrogen and oxygen atoms in total. The number of carboxylic acids is 1. The van der Waals surface area contributed by atoms with Crippen LogP contribution in [-0.2, 0) is 20.0 Å². The van der Waals surface area contributed by atoms with Gasteiger partial charge in [-0.3, -0.25) is 4.68 Å². The van der Waals surface area contributed by atoms with E-state index in [0.717, 1.165) is 18.5 Å². The topological polar surface area (TPSA) is 80.3 Å². The van der Waals surface area contributed by atoms with Crippen molar-refractivity contribution in [3.05, 3.63) is 41.6 Å². The molecular formula is C12H15N3O3. The summed E-state index contributed by atoms with van der Waals surface area (Å²) in [6.07, 6.45) is 5.93. The van der Waals surface area contributed by atoms with Crippen LogP contribution in [0.3, 0.4) is 0 Å². The smallest absolute Gasteiger partial charge is 0.338 e. The highest BCUT2D eigenvalue weighted by Crippen LogP contribution is 2.07. The first-order valence-corrected chi connectivity index (χ1v) is 5.64. The second-order valence-electron chi connectivity index (χ2n) is 4.06. The zero-order valence-electron chi connectivity index (χ0n) is 10.1. The van der Waals surface area contributed by atoms with Crippen LogP contribution in [0.15, 0.2) is 29.1 Å². The van der Waals surface area contributed by atoms with Gasteiger partial charge in [0.2, 0.25) is 0 Å². The fourth-order valence-electron chi connectivity index (χ4n) is 1.63. The Morgan fingerprint density at radius 2 is 2.44 bits per heavy atom. The van der Waals surface area contributed by atoms with E-state index in [1.54, 1.807) is 4.68 Å². The van der Waals surface area contributed by atoms with Crippen LogP contribution in [-0.4, -0.2) is 27.4 Å². The van der Waals surface area contributed by atoms with Gasteiger partial charge < -0.3 is 14.8 Å². The van der Waals surface area contributed by atoms with E-state index >= 15 is 0 Å². The molecule has 2 aromatic heterocycles. The number of nitrogens with zero attached hydrogens (tertiary/aromatic N) is 2. The van der Waals surface area contributed by atoms with E-state index in [0.29, 0.717) is 12.3 Å². The fraction of sp³-hybridized carbons (Fsp3) is 0.333. The second-order valence-corrected chi connectivity index (χ2v) is 4.06. The molecule has 0 amide bonds. The molecule has 2 rings (SSSR count). The average molecular weight is 249 g/mol. The zero-order valence-corrected chi connectivity index (χ0v) is 10.1. The normalized spacial score (nSPS) is 10.7. The van der Waals surface area contributed by atoms with Crippen LogP contribution in [0.1, 0.15) is 21.7 Å². The molecule has 96 valence electrons. The van der Waals surface area contributed by atoms with Crippen molar-refractivity contribution in [3.8, 4) is 0 Å². The summed E-state index contributed by atoms with van der Waals surface area (Å²) in [5.74, 6) is -0.348. The summed E-state index contributed by atoms with van der Waals surface area (Å²) in [4.78, 5) is 10.6. The third-order valence-corrected chi connectivity index (χ3v) is 2.55. The Morgan fingerprint density at radius 1 is 1.61 bits per heavy atom. The van der Waals surface area contributed by atoms with Gasteiger partial charge in [0.15, 0.2) is 0 Å². The lowest BCUT2D eigenvalue weighted by atomic mass is 10.2. The van der Waals surface area contributed by atoms with Gasteiger partial charge in [0.1, 0.15) is 12.0 Å². The number of hydrogen-bond acceptors (Lipinski definition) is 4. The van der Waals surface area contributed by atoms with E-state index < -0.39 is 5.97 Å². The Morgan fingerprint density at radius 3 is 3.06 bits per heavy atom. The van der Waals surface area contributed by atoms with Gasteiger partial charge in [-0.05, 0) is 24.6 Å². The molecule has 2 aromatic rings. The number of hydrogen-bond donors (Lipinski definition) is 2. The maximum absolute atomic E-state index is 10.6. The summed E-state index contributed by atoms with van der Waals surface area (Å²) >= 11 is 0. The van der Waals surface area contributed by atoms with Crippen LogP contribution < -0.4 is 5.32 Å². The molecule has 18 heavy (non-hydrogen) atoms. The summed E-state index contributed by atoms with van der Waals surface area (Å²) in [7, 11) is 1.88.